The zero-order valence-electron chi connectivity index (χ0n) is 14.4. The van der Waals surface area contributed by atoms with Gasteiger partial charge in [-0.1, -0.05) is 23.7 Å². The van der Waals surface area contributed by atoms with Crippen LogP contribution in [0.1, 0.15) is 18.1 Å². The molecule has 0 spiro atoms. The van der Waals surface area contributed by atoms with Crippen LogP contribution in [0.15, 0.2) is 30.5 Å². The van der Waals surface area contributed by atoms with Crippen LogP contribution in [0, 0.1) is 5.82 Å². The Kier molecular flexibility index (Phi) is 4.93. The van der Waals surface area contributed by atoms with Crippen molar-refractivity contribution in [1.82, 2.24) is 14.9 Å². The molecule has 3 atom stereocenters. The fourth-order valence-electron chi connectivity index (χ4n) is 3.60. The van der Waals surface area contributed by atoms with Crippen LogP contribution in [-0.2, 0) is 4.74 Å². The molecule has 0 radical (unpaired) electrons. The molecule has 26 heavy (non-hydrogen) atoms. The highest BCUT2D eigenvalue weighted by atomic mass is 35.5. The van der Waals surface area contributed by atoms with Crippen LogP contribution in [0.5, 0.6) is 5.88 Å². The molecule has 138 valence electrons. The molecule has 2 fully saturated rings. The van der Waals surface area contributed by atoms with Gasteiger partial charge in [0.05, 0.1) is 26.0 Å². The third-order valence-corrected chi connectivity index (χ3v) is 5.15. The Hall–Kier alpha value is -1.96. The van der Waals surface area contributed by atoms with Gasteiger partial charge < -0.3 is 14.8 Å². The molecule has 1 aromatic carbocycles. The summed E-state index contributed by atoms with van der Waals surface area (Å²) in [5.74, 6) is -0.242. The van der Waals surface area contributed by atoms with E-state index in [1.165, 1.54) is 7.11 Å². The number of nitrogens with one attached hydrogen (secondary N) is 1. The second kappa shape index (κ2) is 7.34. The van der Waals surface area contributed by atoms with Crippen molar-refractivity contribution in [2.75, 3.05) is 32.1 Å². The van der Waals surface area contributed by atoms with Gasteiger partial charge in [0.25, 0.3) is 5.88 Å². The van der Waals surface area contributed by atoms with E-state index in [-0.39, 0.29) is 18.0 Å². The van der Waals surface area contributed by atoms with Crippen LogP contribution in [0.4, 0.5) is 10.3 Å². The first kappa shape index (κ1) is 17.5. The molecular weight excluding hydrogens is 359 g/mol. The van der Waals surface area contributed by atoms with Crippen molar-refractivity contribution < 1.29 is 13.9 Å². The van der Waals surface area contributed by atoms with Crippen molar-refractivity contribution in [2.45, 2.75) is 24.6 Å². The molecule has 0 bridgehead atoms. The van der Waals surface area contributed by atoms with Gasteiger partial charge in [-0.25, -0.2) is 4.98 Å². The van der Waals surface area contributed by atoms with Crippen molar-refractivity contribution in [3.8, 4) is 5.88 Å². The molecule has 8 heteroatoms. The van der Waals surface area contributed by atoms with Crippen molar-refractivity contribution in [2.24, 2.45) is 0 Å². The van der Waals surface area contributed by atoms with Gasteiger partial charge in [0.2, 0.25) is 11.8 Å². The van der Waals surface area contributed by atoms with Crippen molar-refractivity contribution in [1.29, 1.82) is 0 Å². The lowest BCUT2D eigenvalue weighted by molar-refractivity contribution is -0.0501. The Balaban J connectivity index is 1.39. The largest absolute Gasteiger partial charge is 0.479 e. The Morgan fingerprint density at radius 1 is 1.31 bits per heavy atom. The van der Waals surface area contributed by atoms with E-state index in [0.29, 0.717) is 18.6 Å². The number of methoxy groups -OCH3 is 1. The number of ether oxygens (including phenoxy) is 2. The molecule has 2 aromatic rings. The van der Waals surface area contributed by atoms with Crippen molar-refractivity contribution >= 4 is 17.5 Å². The number of rotatable bonds is 4. The Morgan fingerprint density at radius 2 is 2.12 bits per heavy atom. The van der Waals surface area contributed by atoms with E-state index in [2.05, 4.69) is 20.2 Å². The zero-order chi connectivity index (χ0) is 18.1. The van der Waals surface area contributed by atoms with E-state index in [9.17, 15) is 4.39 Å². The molecule has 1 aromatic heterocycles. The highest BCUT2D eigenvalue weighted by Gasteiger charge is 2.38. The number of anilines is 1. The summed E-state index contributed by atoms with van der Waals surface area (Å²) in [6.45, 7) is 2.37. The Bertz CT molecular complexity index is 776. The molecule has 1 N–H and O–H groups in total. The van der Waals surface area contributed by atoms with Crippen LogP contribution < -0.4 is 10.1 Å². The molecule has 3 heterocycles. The summed E-state index contributed by atoms with van der Waals surface area (Å²) < 4.78 is 24.4. The van der Waals surface area contributed by atoms with Gasteiger partial charge in [0, 0.05) is 30.2 Å². The maximum Gasteiger partial charge on any atom is 0.255 e. The normalized spacial score (nSPS) is 25.7. The van der Waals surface area contributed by atoms with E-state index in [0.717, 1.165) is 36.3 Å². The number of halogens is 2. The summed E-state index contributed by atoms with van der Waals surface area (Å²) in [5, 5.41) is 4.00. The molecular formula is C18H20ClFN4O2. The van der Waals surface area contributed by atoms with Gasteiger partial charge >= 0.3 is 0 Å². The quantitative estimate of drug-likeness (QED) is 0.882. The van der Waals surface area contributed by atoms with Gasteiger partial charge in [-0.2, -0.15) is 9.37 Å². The molecule has 0 amide bonds. The van der Waals surface area contributed by atoms with Crippen LogP contribution in [0.25, 0.3) is 0 Å². The van der Waals surface area contributed by atoms with Gasteiger partial charge in [0.1, 0.15) is 0 Å². The summed E-state index contributed by atoms with van der Waals surface area (Å²) in [7, 11) is 1.39. The maximum atomic E-state index is 13.4. The van der Waals surface area contributed by atoms with Gasteiger partial charge in [0.15, 0.2) is 0 Å². The SMILES string of the molecule is COc1nc(N[C@@H]2C[C@H]3CO[C@@H](c4ccc(Cl)cc4)CN3C2)ncc1F. The van der Waals surface area contributed by atoms with Gasteiger partial charge in [-0.3, -0.25) is 4.90 Å². The molecule has 2 aliphatic rings. The standard InChI is InChI=1S/C18H20ClFN4O2/c1-25-17-15(20)7-21-18(23-17)22-13-6-14-10-26-16(9-24(14)8-13)11-2-4-12(19)5-3-11/h2-5,7,13-14,16H,6,8-10H2,1H3,(H,21,22,23)/t13-,14+,16-/m1/s1. The minimum absolute atomic E-state index is 0.0458. The first-order chi connectivity index (χ1) is 12.6. The van der Waals surface area contributed by atoms with Crippen LogP contribution in [0.2, 0.25) is 5.02 Å². The van der Waals surface area contributed by atoms with Crippen molar-refractivity contribution in [3.05, 3.63) is 46.9 Å². The minimum atomic E-state index is -0.568. The van der Waals surface area contributed by atoms with Crippen molar-refractivity contribution in [3.63, 3.8) is 0 Å². The molecule has 0 unspecified atom stereocenters. The van der Waals surface area contributed by atoms with Gasteiger partial charge in [-0.05, 0) is 24.1 Å². The van der Waals surface area contributed by atoms with Gasteiger partial charge in [-0.15, -0.1) is 0 Å². The summed E-state index contributed by atoms with van der Waals surface area (Å²) in [5.41, 5.74) is 1.14. The molecule has 0 saturated carbocycles. The number of nitrogens with zero attached hydrogens (tertiary/aromatic N) is 3. The second-order valence-electron chi connectivity index (χ2n) is 6.61. The molecule has 2 saturated heterocycles. The summed E-state index contributed by atoms with van der Waals surface area (Å²) in [6, 6.07) is 8.34. The third-order valence-electron chi connectivity index (χ3n) is 4.90. The first-order valence-electron chi connectivity index (χ1n) is 8.56. The van der Waals surface area contributed by atoms with E-state index < -0.39 is 5.82 Å². The lowest BCUT2D eigenvalue weighted by Gasteiger charge is -2.35. The lowest BCUT2D eigenvalue weighted by atomic mass is 10.1. The van der Waals surface area contributed by atoms with E-state index >= 15 is 0 Å². The summed E-state index contributed by atoms with van der Waals surface area (Å²) in [4.78, 5) is 10.5. The van der Waals surface area contributed by atoms with Crippen LogP contribution >= 0.6 is 11.6 Å². The highest BCUT2D eigenvalue weighted by molar-refractivity contribution is 6.30. The fraction of sp³-hybridized carbons (Fsp3) is 0.444. The molecule has 2 aliphatic heterocycles. The number of aromatic nitrogens is 2. The smallest absolute Gasteiger partial charge is 0.255 e. The maximum absolute atomic E-state index is 13.4. The number of hydrogen-bond acceptors (Lipinski definition) is 6. The fourth-order valence-corrected chi connectivity index (χ4v) is 3.73. The highest BCUT2D eigenvalue weighted by Crippen LogP contribution is 2.31. The second-order valence-corrected chi connectivity index (χ2v) is 7.05. The number of benzene rings is 1. The van der Waals surface area contributed by atoms with E-state index in [4.69, 9.17) is 21.1 Å². The number of hydrogen-bond donors (Lipinski definition) is 1. The lowest BCUT2D eigenvalue weighted by Crippen LogP contribution is -2.42. The predicted molar refractivity (Wildman–Crippen MR) is 96.1 cm³/mol. The Morgan fingerprint density at radius 3 is 2.88 bits per heavy atom. The summed E-state index contributed by atoms with van der Waals surface area (Å²) >= 11 is 5.96. The Labute approximate surface area is 156 Å². The predicted octanol–water partition coefficient (Wildman–Crippen LogP) is 2.90. The monoisotopic (exact) mass is 378 g/mol. The average Bonchev–Trinajstić information content (AvgIpc) is 3.05. The summed E-state index contributed by atoms with van der Waals surface area (Å²) in [6.07, 6.45) is 2.09. The molecule has 4 rings (SSSR count). The zero-order valence-corrected chi connectivity index (χ0v) is 15.1. The first-order valence-corrected chi connectivity index (χ1v) is 8.94. The van der Waals surface area contributed by atoms with Crippen LogP contribution in [0.3, 0.4) is 0 Å². The molecule has 6 nitrogen and oxygen atoms in total. The average molecular weight is 379 g/mol. The molecule has 0 aliphatic carbocycles. The third kappa shape index (κ3) is 3.60. The topological polar surface area (TPSA) is 59.5 Å². The van der Waals surface area contributed by atoms with E-state index in [1.807, 2.05) is 24.3 Å². The number of fused-ring (bicyclic) bond motifs is 1. The minimum Gasteiger partial charge on any atom is -0.479 e. The number of morpholine rings is 1. The van der Waals surface area contributed by atoms with Crippen LogP contribution in [-0.4, -0.2) is 53.8 Å². The van der Waals surface area contributed by atoms with E-state index in [1.54, 1.807) is 0 Å².